The van der Waals surface area contributed by atoms with E-state index in [1.807, 2.05) is 30.3 Å². The number of hydrogen-bond acceptors (Lipinski definition) is 5. The molecule has 0 aliphatic carbocycles. The summed E-state index contributed by atoms with van der Waals surface area (Å²) < 4.78 is 2.85. The molecule has 1 N–H and O–H groups in total. The molecule has 9 heteroatoms. The Hall–Kier alpha value is -2.97. The molecule has 0 fully saturated rings. The summed E-state index contributed by atoms with van der Waals surface area (Å²) in [5.74, 6) is -0.353. The molecule has 0 bridgehead atoms. The van der Waals surface area contributed by atoms with Crippen LogP contribution in [0.3, 0.4) is 0 Å². The number of aryl methyl sites for hydroxylation is 1. The fraction of sp³-hybridized carbons (Fsp3) is 0.400. The first-order valence-electron chi connectivity index (χ1n) is 7.44. The van der Waals surface area contributed by atoms with Crippen molar-refractivity contribution in [2.45, 2.75) is 40.3 Å². The lowest BCUT2D eigenvalue weighted by molar-refractivity contribution is -0.386. The second-order valence-corrected chi connectivity index (χ2v) is 5.52. The van der Waals surface area contributed by atoms with Gasteiger partial charge in [0.25, 0.3) is 0 Å². The number of ketones is 1. The number of carbonyl (C=O) groups is 1. The minimum atomic E-state index is -1.09. The number of nitrogens with zero attached hydrogens (tertiary/aromatic N) is 3. The smallest absolute Gasteiger partial charge is 0.348 e. The van der Waals surface area contributed by atoms with E-state index >= 15 is 0 Å². The Kier molecular flexibility index (Phi) is 4.82. The van der Waals surface area contributed by atoms with Crippen molar-refractivity contribution in [1.29, 1.82) is 0 Å². The third-order valence-corrected chi connectivity index (χ3v) is 3.82. The fourth-order valence-electron chi connectivity index (χ4n) is 2.64. The predicted octanol–water partition coefficient (Wildman–Crippen LogP) is 1.16. The molecule has 0 aromatic carbocycles. The number of nitro groups is 1. The topological polar surface area (TPSA) is 120 Å². The molecule has 0 saturated heterocycles. The van der Waals surface area contributed by atoms with Crippen molar-refractivity contribution in [3.05, 3.63) is 60.2 Å². The van der Waals surface area contributed by atoms with Crippen molar-refractivity contribution >= 4 is 11.5 Å². The Labute approximate surface area is 136 Å². The lowest BCUT2D eigenvalue weighted by Crippen LogP contribution is -2.32. The van der Waals surface area contributed by atoms with E-state index in [0.29, 0.717) is 5.56 Å². The molecule has 2 aromatic heterocycles. The average Bonchev–Trinajstić information content (AvgIpc) is 2.78. The number of H-pyrrole nitrogens is 1. The minimum absolute atomic E-state index is 0.353. The average molecular weight is 334 g/mol. The van der Waals surface area contributed by atoms with Crippen LogP contribution in [0, 0.1) is 24.0 Å². The van der Waals surface area contributed by atoms with Crippen LogP contribution >= 0.6 is 0 Å². The van der Waals surface area contributed by atoms with Crippen LogP contribution in [-0.2, 0) is 13.1 Å². The summed E-state index contributed by atoms with van der Waals surface area (Å²) in [5, 5.41) is 10.8. The van der Waals surface area contributed by atoms with E-state index < -0.39 is 21.9 Å². The van der Waals surface area contributed by atoms with Crippen molar-refractivity contribution in [1.82, 2.24) is 14.1 Å². The van der Waals surface area contributed by atoms with E-state index in [-0.39, 0.29) is 12.3 Å². The van der Waals surface area contributed by atoms with Crippen LogP contribution in [0.4, 0.5) is 5.69 Å². The first-order valence-corrected chi connectivity index (χ1v) is 7.44. The molecule has 2 aromatic rings. The number of carbonyl (C=O) groups excluding carboxylic acids is 1. The summed E-state index contributed by atoms with van der Waals surface area (Å²) in [4.78, 5) is 47.4. The summed E-state index contributed by atoms with van der Waals surface area (Å²) in [5.41, 5.74) is -0.555. The highest BCUT2D eigenvalue weighted by Gasteiger charge is 2.19. The van der Waals surface area contributed by atoms with Crippen molar-refractivity contribution in [2.75, 3.05) is 0 Å². The van der Waals surface area contributed by atoms with E-state index in [9.17, 15) is 24.5 Å². The molecule has 0 amide bonds. The van der Waals surface area contributed by atoms with Gasteiger partial charge in [-0.1, -0.05) is 6.92 Å². The van der Waals surface area contributed by atoms with Gasteiger partial charge < -0.3 is 4.57 Å². The standard InChI is InChI=1S/C15H18N4O5/c1-4-5-18-9(2)6-11(10(18)3)13(20)8-17-7-12(19(23)24)14(21)16-15(17)22/h6-7H,4-5,8H2,1-3H3,(H,16,21,22). The van der Waals surface area contributed by atoms with E-state index in [0.717, 1.165) is 35.1 Å². The summed E-state index contributed by atoms with van der Waals surface area (Å²) in [6.07, 6.45) is 1.71. The van der Waals surface area contributed by atoms with Gasteiger partial charge in [0.05, 0.1) is 17.7 Å². The van der Waals surface area contributed by atoms with Crippen LogP contribution in [0.15, 0.2) is 21.9 Å². The van der Waals surface area contributed by atoms with Crippen LogP contribution in [0.5, 0.6) is 0 Å². The van der Waals surface area contributed by atoms with E-state index in [1.54, 1.807) is 6.07 Å². The summed E-state index contributed by atoms with van der Waals surface area (Å²) in [6, 6.07) is 1.73. The molecule has 24 heavy (non-hydrogen) atoms. The van der Waals surface area contributed by atoms with Gasteiger partial charge in [0.1, 0.15) is 0 Å². The molecule has 0 saturated carbocycles. The van der Waals surface area contributed by atoms with Crippen LogP contribution in [0.1, 0.15) is 35.1 Å². The number of hydrogen-bond donors (Lipinski definition) is 1. The second-order valence-electron chi connectivity index (χ2n) is 5.52. The third-order valence-electron chi connectivity index (χ3n) is 3.82. The van der Waals surface area contributed by atoms with Crippen LogP contribution in [0.2, 0.25) is 0 Å². The zero-order chi connectivity index (χ0) is 18.0. The number of rotatable bonds is 6. The third kappa shape index (κ3) is 3.19. The lowest BCUT2D eigenvalue weighted by atomic mass is 10.1. The normalized spacial score (nSPS) is 10.8. The molecule has 0 atom stereocenters. The number of aromatic amines is 1. The molecule has 2 rings (SSSR count). The van der Waals surface area contributed by atoms with Crippen molar-refractivity contribution in [3.63, 3.8) is 0 Å². The predicted molar refractivity (Wildman–Crippen MR) is 86.5 cm³/mol. The van der Waals surface area contributed by atoms with E-state index in [1.165, 1.54) is 0 Å². The maximum absolute atomic E-state index is 12.5. The summed E-state index contributed by atoms with van der Waals surface area (Å²) in [6.45, 7) is 6.12. The molecule has 0 unspecified atom stereocenters. The second kappa shape index (κ2) is 6.65. The van der Waals surface area contributed by atoms with Crippen LogP contribution < -0.4 is 11.2 Å². The monoisotopic (exact) mass is 334 g/mol. The molecule has 0 spiro atoms. The maximum Gasteiger partial charge on any atom is 0.350 e. The van der Waals surface area contributed by atoms with Gasteiger partial charge in [0.2, 0.25) is 0 Å². The van der Waals surface area contributed by atoms with E-state index in [4.69, 9.17) is 0 Å². The van der Waals surface area contributed by atoms with Gasteiger partial charge in [-0.05, 0) is 26.3 Å². The Morgan fingerprint density at radius 2 is 2.00 bits per heavy atom. The SMILES string of the molecule is CCCn1c(C)cc(C(=O)Cn2cc([N+](=O)[O-])c(=O)[nH]c2=O)c1C. The van der Waals surface area contributed by atoms with Crippen LogP contribution in [-0.4, -0.2) is 24.8 Å². The molecule has 0 aliphatic rings. The minimum Gasteiger partial charge on any atom is -0.348 e. The largest absolute Gasteiger partial charge is 0.350 e. The number of nitrogens with one attached hydrogen (secondary N) is 1. The lowest BCUT2D eigenvalue weighted by Gasteiger charge is -2.08. The highest BCUT2D eigenvalue weighted by Crippen LogP contribution is 2.17. The zero-order valence-corrected chi connectivity index (χ0v) is 13.7. The highest BCUT2D eigenvalue weighted by molar-refractivity contribution is 5.97. The Morgan fingerprint density at radius 3 is 2.58 bits per heavy atom. The Bertz CT molecular complexity index is 919. The van der Waals surface area contributed by atoms with Crippen molar-refractivity contribution < 1.29 is 9.72 Å². The molecular formula is C15H18N4O5. The highest BCUT2D eigenvalue weighted by atomic mass is 16.6. The number of aromatic nitrogens is 3. The van der Waals surface area contributed by atoms with Crippen molar-refractivity contribution in [3.8, 4) is 0 Å². The van der Waals surface area contributed by atoms with Crippen LogP contribution in [0.25, 0.3) is 0 Å². The van der Waals surface area contributed by atoms with Gasteiger partial charge in [0, 0.05) is 23.5 Å². The van der Waals surface area contributed by atoms with Gasteiger partial charge in [-0.25, -0.2) is 4.79 Å². The molecule has 2 heterocycles. The van der Waals surface area contributed by atoms with Gasteiger partial charge >= 0.3 is 16.9 Å². The molecule has 0 radical (unpaired) electrons. The first-order chi connectivity index (χ1) is 11.3. The fourth-order valence-corrected chi connectivity index (χ4v) is 2.64. The van der Waals surface area contributed by atoms with Gasteiger partial charge in [-0.2, -0.15) is 0 Å². The van der Waals surface area contributed by atoms with Gasteiger partial charge in [0.15, 0.2) is 5.78 Å². The summed E-state index contributed by atoms with van der Waals surface area (Å²) in [7, 11) is 0. The van der Waals surface area contributed by atoms with Crippen molar-refractivity contribution in [2.24, 2.45) is 0 Å². The number of Topliss-reactive ketones (excluding diaryl/α,β-unsaturated/α-hetero) is 1. The Balaban J connectivity index is 2.39. The van der Waals surface area contributed by atoms with Gasteiger partial charge in [-0.15, -0.1) is 0 Å². The van der Waals surface area contributed by atoms with Gasteiger partial charge in [-0.3, -0.25) is 29.3 Å². The van der Waals surface area contributed by atoms with E-state index in [2.05, 4.69) is 0 Å². The zero-order valence-electron chi connectivity index (χ0n) is 13.7. The molecule has 9 nitrogen and oxygen atoms in total. The summed E-state index contributed by atoms with van der Waals surface area (Å²) >= 11 is 0. The maximum atomic E-state index is 12.5. The molecule has 0 aliphatic heterocycles. The molecule has 128 valence electrons. The molecular weight excluding hydrogens is 316 g/mol. The first kappa shape index (κ1) is 17.4. The quantitative estimate of drug-likeness (QED) is 0.483. The Morgan fingerprint density at radius 1 is 1.33 bits per heavy atom.